The SMILES string of the molecule is NC1=NCC2(CCC3CCC2O3)N1Cc1ccccc1. The molecule has 2 N–H and O–H groups in total. The van der Waals surface area contributed by atoms with Gasteiger partial charge in [-0.15, -0.1) is 0 Å². The lowest BCUT2D eigenvalue weighted by atomic mass is 9.84. The van der Waals surface area contributed by atoms with Gasteiger partial charge in [-0.2, -0.15) is 0 Å². The molecule has 2 bridgehead atoms. The Labute approximate surface area is 119 Å². The largest absolute Gasteiger partial charge is 0.372 e. The number of nitrogens with zero attached hydrogens (tertiary/aromatic N) is 2. The zero-order chi connectivity index (χ0) is 13.6. The van der Waals surface area contributed by atoms with Gasteiger partial charge in [0, 0.05) is 6.54 Å². The molecule has 2 fully saturated rings. The molecule has 0 saturated carbocycles. The lowest BCUT2D eigenvalue weighted by molar-refractivity contribution is -0.0832. The minimum atomic E-state index is 0.00687. The summed E-state index contributed by atoms with van der Waals surface area (Å²) in [6.07, 6.45) is 5.43. The van der Waals surface area contributed by atoms with E-state index in [-0.39, 0.29) is 5.54 Å². The van der Waals surface area contributed by atoms with Gasteiger partial charge < -0.3 is 15.4 Å². The van der Waals surface area contributed by atoms with Gasteiger partial charge in [-0.05, 0) is 31.2 Å². The summed E-state index contributed by atoms with van der Waals surface area (Å²) < 4.78 is 6.18. The maximum absolute atomic E-state index is 6.18. The summed E-state index contributed by atoms with van der Waals surface area (Å²) in [5, 5.41) is 0. The Morgan fingerprint density at radius 2 is 2.10 bits per heavy atom. The van der Waals surface area contributed by atoms with Gasteiger partial charge in [0.2, 0.25) is 0 Å². The van der Waals surface area contributed by atoms with Crippen LogP contribution in [0, 0.1) is 0 Å². The van der Waals surface area contributed by atoms with Crippen LogP contribution in [-0.4, -0.2) is 35.2 Å². The zero-order valence-electron chi connectivity index (χ0n) is 11.7. The molecule has 4 nitrogen and oxygen atoms in total. The lowest BCUT2D eigenvalue weighted by Crippen LogP contribution is -2.59. The molecule has 0 radical (unpaired) electrons. The number of ether oxygens (including phenoxy) is 1. The van der Waals surface area contributed by atoms with Crippen LogP contribution in [0.15, 0.2) is 35.3 Å². The van der Waals surface area contributed by atoms with Crippen LogP contribution in [-0.2, 0) is 11.3 Å². The molecule has 1 spiro atoms. The van der Waals surface area contributed by atoms with Crippen LogP contribution in [0.5, 0.6) is 0 Å². The zero-order valence-corrected chi connectivity index (χ0v) is 11.7. The molecular weight excluding hydrogens is 250 g/mol. The highest BCUT2D eigenvalue weighted by Gasteiger charge is 2.54. The van der Waals surface area contributed by atoms with Crippen LogP contribution in [0.3, 0.4) is 0 Å². The molecule has 4 heteroatoms. The van der Waals surface area contributed by atoms with Crippen LogP contribution in [0.1, 0.15) is 31.2 Å². The first-order valence-corrected chi connectivity index (χ1v) is 7.55. The fraction of sp³-hybridized carbons (Fsp3) is 0.562. The van der Waals surface area contributed by atoms with E-state index in [1.165, 1.54) is 12.0 Å². The molecule has 0 amide bonds. The molecule has 3 aliphatic rings. The second-order valence-corrected chi connectivity index (χ2v) is 6.21. The van der Waals surface area contributed by atoms with E-state index >= 15 is 0 Å². The summed E-state index contributed by atoms with van der Waals surface area (Å²) in [5.41, 5.74) is 7.47. The molecular formula is C16H21N3O. The number of guanidine groups is 1. The third-order valence-corrected chi connectivity index (χ3v) is 5.12. The van der Waals surface area contributed by atoms with Crippen molar-refractivity contribution in [2.45, 2.75) is 50.0 Å². The molecule has 3 heterocycles. The van der Waals surface area contributed by atoms with Crippen molar-refractivity contribution in [3.05, 3.63) is 35.9 Å². The van der Waals surface area contributed by atoms with Crippen molar-refractivity contribution >= 4 is 5.96 Å². The van der Waals surface area contributed by atoms with Crippen LogP contribution in [0.25, 0.3) is 0 Å². The fourth-order valence-corrected chi connectivity index (χ4v) is 4.00. The summed E-state index contributed by atoms with van der Waals surface area (Å²) in [6, 6.07) is 10.5. The molecule has 0 aliphatic carbocycles. The van der Waals surface area contributed by atoms with Crippen molar-refractivity contribution in [3.8, 4) is 0 Å². The number of hydrogen-bond acceptors (Lipinski definition) is 4. The molecule has 1 aromatic rings. The third-order valence-electron chi connectivity index (χ3n) is 5.12. The molecule has 2 saturated heterocycles. The average molecular weight is 271 g/mol. The number of nitrogens with two attached hydrogens (primary N) is 1. The standard InChI is InChI=1S/C16H21N3O/c17-15-18-11-16(9-8-13-6-7-14(16)20-13)19(15)10-12-4-2-1-3-5-12/h1-5,13-14H,6-11H2,(H2,17,18). The third kappa shape index (κ3) is 1.74. The highest BCUT2D eigenvalue weighted by molar-refractivity contribution is 5.81. The van der Waals surface area contributed by atoms with Crippen molar-refractivity contribution in [2.75, 3.05) is 6.54 Å². The second-order valence-electron chi connectivity index (χ2n) is 6.21. The fourth-order valence-electron chi connectivity index (χ4n) is 4.00. The molecule has 0 aromatic heterocycles. The van der Waals surface area contributed by atoms with Crippen molar-refractivity contribution in [3.63, 3.8) is 0 Å². The Hall–Kier alpha value is -1.55. The smallest absolute Gasteiger partial charge is 0.192 e. The quantitative estimate of drug-likeness (QED) is 0.893. The van der Waals surface area contributed by atoms with Crippen LogP contribution < -0.4 is 5.73 Å². The first kappa shape index (κ1) is 12.2. The highest BCUT2D eigenvalue weighted by atomic mass is 16.5. The molecule has 4 rings (SSSR count). The van der Waals surface area contributed by atoms with E-state index in [4.69, 9.17) is 10.5 Å². The van der Waals surface area contributed by atoms with E-state index in [2.05, 4.69) is 34.2 Å². The molecule has 3 aliphatic heterocycles. The van der Waals surface area contributed by atoms with Gasteiger partial charge in [-0.3, -0.25) is 4.99 Å². The van der Waals surface area contributed by atoms with E-state index in [1.54, 1.807) is 0 Å². The van der Waals surface area contributed by atoms with E-state index in [0.29, 0.717) is 18.2 Å². The normalized spacial score (nSPS) is 35.6. The van der Waals surface area contributed by atoms with E-state index < -0.39 is 0 Å². The second kappa shape index (κ2) is 4.48. The van der Waals surface area contributed by atoms with E-state index in [1.807, 2.05) is 6.07 Å². The highest BCUT2D eigenvalue weighted by Crippen LogP contribution is 2.45. The Morgan fingerprint density at radius 1 is 1.25 bits per heavy atom. The maximum atomic E-state index is 6.18. The van der Waals surface area contributed by atoms with Gasteiger partial charge in [0.15, 0.2) is 5.96 Å². The predicted molar refractivity (Wildman–Crippen MR) is 78.3 cm³/mol. The number of aliphatic imine (C=N–C) groups is 1. The number of rotatable bonds is 2. The van der Waals surface area contributed by atoms with Crippen LogP contribution >= 0.6 is 0 Å². The topological polar surface area (TPSA) is 50.9 Å². The maximum Gasteiger partial charge on any atom is 0.192 e. The monoisotopic (exact) mass is 271 g/mol. The van der Waals surface area contributed by atoms with E-state index in [9.17, 15) is 0 Å². The number of fused-ring (bicyclic) bond motifs is 3. The first-order chi connectivity index (χ1) is 9.78. The Bertz CT molecular complexity index is 530. The average Bonchev–Trinajstić information content (AvgIpc) is 3.02. The van der Waals surface area contributed by atoms with Gasteiger partial charge in [0.25, 0.3) is 0 Å². The van der Waals surface area contributed by atoms with Crippen LogP contribution in [0.2, 0.25) is 0 Å². The molecule has 3 unspecified atom stereocenters. The molecule has 3 atom stereocenters. The predicted octanol–water partition coefficient (Wildman–Crippen LogP) is 1.90. The summed E-state index contributed by atoms with van der Waals surface area (Å²) >= 11 is 0. The van der Waals surface area contributed by atoms with Gasteiger partial charge in [0.1, 0.15) is 0 Å². The van der Waals surface area contributed by atoms with E-state index in [0.717, 1.165) is 32.4 Å². The molecule has 20 heavy (non-hydrogen) atoms. The minimum Gasteiger partial charge on any atom is -0.372 e. The van der Waals surface area contributed by atoms with Gasteiger partial charge in [-0.25, -0.2) is 0 Å². The summed E-state index contributed by atoms with van der Waals surface area (Å²) in [7, 11) is 0. The van der Waals surface area contributed by atoms with Crippen LogP contribution in [0.4, 0.5) is 0 Å². The summed E-state index contributed by atoms with van der Waals surface area (Å²) in [4.78, 5) is 6.85. The molecule has 106 valence electrons. The summed E-state index contributed by atoms with van der Waals surface area (Å²) in [5.74, 6) is 0.683. The Morgan fingerprint density at radius 3 is 2.95 bits per heavy atom. The van der Waals surface area contributed by atoms with Crippen molar-refractivity contribution in [2.24, 2.45) is 10.7 Å². The van der Waals surface area contributed by atoms with Gasteiger partial charge >= 0.3 is 0 Å². The Kier molecular flexibility index (Phi) is 2.74. The minimum absolute atomic E-state index is 0.00687. The summed E-state index contributed by atoms with van der Waals surface area (Å²) in [6.45, 7) is 1.63. The van der Waals surface area contributed by atoms with Crippen molar-refractivity contribution in [1.29, 1.82) is 0 Å². The van der Waals surface area contributed by atoms with Crippen molar-refractivity contribution < 1.29 is 4.74 Å². The van der Waals surface area contributed by atoms with Crippen molar-refractivity contribution in [1.82, 2.24) is 4.90 Å². The first-order valence-electron chi connectivity index (χ1n) is 7.55. The number of hydrogen-bond donors (Lipinski definition) is 1. The Balaban J connectivity index is 1.63. The van der Waals surface area contributed by atoms with Gasteiger partial charge in [0.05, 0.1) is 24.3 Å². The molecule has 1 aromatic carbocycles. The van der Waals surface area contributed by atoms with Gasteiger partial charge in [-0.1, -0.05) is 30.3 Å². The number of benzene rings is 1. The lowest BCUT2D eigenvalue weighted by Gasteiger charge is -2.46.